The van der Waals surface area contributed by atoms with E-state index in [4.69, 9.17) is 4.74 Å². The number of rotatable bonds is 4. The third-order valence-corrected chi connectivity index (χ3v) is 4.93. The fraction of sp³-hybridized carbons (Fsp3) is 0.167. The van der Waals surface area contributed by atoms with E-state index < -0.39 is 0 Å². The summed E-state index contributed by atoms with van der Waals surface area (Å²) in [5, 5.41) is 2.85. The van der Waals surface area contributed by atoms with Crippen LogP contribution in [0.1, 0.15) is 10.4 Å². The molecule has 90 valence electrons. The number of benzene rings is 1. The number of ether oxygens (including phenoxy) is 1. The van der Waals surface area contributed by atoms with Crippen LogP contribution < -0.4 is 4.74 Å². The Kier molecular flexibility index (Phi) is 5.09. The van der Waals surface area contributed by atoms with Crippen LogP contribution in [-0.4, -0.2) is 0 Å². The largest absolute Gasteiger partial charge is 0.488 e. The summed E-state index contributed by atoms with van der Waals surface area (Å²) in [5.41, 5.74) is 1.15. The second-order valence-electron chi connectivity index (χ2n) is 3.41. The van der Waals surface area contributed by atoms with Crippen molar-refractivity contribution in [1.82, 2.24) is 0 Å². The molecule has 0 aliphatic carbocycles. The van der Waals surface area contributed by atoms with Gasteiger partial charge in [0.1, 0.15) is 12.4 Å². The molecule has 0 aliphatic heterocycles. The number of halogens is 3. The van der Waals surface area contributed by atoms with Crippen molar-refractivity contribution in [3.05, 3.63) is 49.0 Å². The van der Waals surface area contributed by atoms with Gasteiger partial charge >= 0.3 is 0 Å². The minimum atomic E-state index is 0.609. The number of hydrogen-bond acceptors (Lipinski definition) is 2. The molecule has 0 saturated carbocycles. The molecule has 0 unspecified atom stereocenters. The number of hydrogen-bond donors (Lipinski definition) is 0. The fourth-order valence-electron chi connectivity index (χ4n) is 1.37. The third-order valence-electron chi connectivity index (χ3n) is 2.16. The quantitative estimate of drug-likeness (QED) is 0.550. The maximum atomic E-state index is 5.82. The predicted molar refractivity (Wildman–Crippen MR) is 83.1 cm³/mol. The van der Waals surface area contributed by atoms with Crippen molar-refractivity contribution >= 4 is 59.1 Å². The lowest BCUT2D eigenvalue weighted by Crippen LogP contribution is -1.95. The molecule has 0 bridgehead atoms. The minimum absolute atomic E-state index is 0.609. The van der Waals surface area contributed by atoms with Gasteiger partial charge in [0.15, 0.2) is 0 Å². The standard InChI is InChI=1S/C12H9Br3OS/c13-5-8-3-9(14)1-2-12(8)16-6-11-4-10(15)7-17-11/h1-4,7H,5-6H2. The van der Waals surface area contributed by atoms with Crippen LogP contribution in [0, 0.1) is 0 Å². The Morgan fingerprint density at radius 3 is 2.59 bits per heavy atom. The van der Waals surface area contributed by atoms with Crippen LogP contribution in [-0.2, 0) is 11.9 Å². The van der Waals surface area contributed by atoms with Gasteiger partial charge in [-0.1, -0.05) is 31.9 Å². The molecular weight excluding hydrogens is 432 g/mol. The van der Waals surface area contributed by atoms with E-state index in [2.05, 4.69) is 65.3 Å². The van der Waals surface area contributed by atoms with Crippen molar-refractivity contribution in [2.24, 2.45) is 0 Å². The summed E-state index contributed by atoms with van der Waals surface area (Å²) < 4.78 is 8.00. The van der Waals surface area contributed by atoms with E-state index in [1.165, 1.54) is 4.88 Å². The molecule has 0 amide bonds. The highest BCUT2D eigenvalue weighted by Gasteiger charge is 2.05. The first kappa shape index (κ1) is 13.6. The first-order chi connectivity index (χ1) is 8.19. The molecular formula is C12H9Br3OS. The molecule has 5 heteroatoms. The van der Waals surface area contributed by atoms with Crippen LogP contribution in [0.4, 0.5) is 0 Å². The molecule has 0 spiro atoms. The third kappa shape index (κ3) is 3.81. The van der Waals surface area contributed by atoms with Gasteiger partial charge in [-0.3, -0.25) is 0 Å². The van der Waals surface area contributed by atoms with E-state index in [1.807, 2.05) is 12.1 Å². The zero-order valence-electron chi connectivity index (χ0n) is 8.75. The van der Waals surface area contributed by atoms with Crippen molar-refractivity contribution in [3.8, 4) is 5.75 Å². The predicted octanol–water partition coefficient (Wildman–Crippen LogP) is 5.75. The molecule has 1 aromatic carbocycles. The molecule has 1 aromatic heterocycles. The smallest absolute Gasteiger partial charge is 0.123 e. The van der Waals surface area contributed by atoms with Gasteiger partial charge in [-0.25, -0.2) is 0 Å². The van der Waals surface area contributed by atoms with Gasteiger partial charge < -0.3 is 4.74 Å². The molecule has 0 saturated heterocycles. The van der Waals surface area contributed by atoms with Gasteiger partial charge in [0, 0.05) is 30.1 Å². The second kappa shape index (κ2) is 6.36. The summed E-state index contributed by atoms with van der Waals surface area (Å²) in [5.74, 6) is 0.926. The molecule has 1 heterocycles. The Hall–Kier alpha value is 0.160. The van der Waals surface area contributed by atoms with Gasteiger partial charge in [0.2, 0.25) is 0 Å². The molecule has 17 heavy (non-hydrogen) atoms. The van der Waals surface area contributed by atoms with Crippen molar-refractivity contribution < 1.29 is 4.74 Å². The van der Waals surface area contributed by atoms with Crippen LogP contribution in [0.2, 0.25) is 0 Å². The van der Waals surface area contributed by atoms with Crippen LogP contribution >= 0.6 is 59.1 Å². The first-order valence-corrected chi connectivity index (χ1v) is 8.48. The van der Waals surface area contributed by atoms with E-state index in [0.29, 0.717) is 6.61 Å². The molecule has 2 aromatic rings. The highest BCUT2D eigenvalue weighted by molar-refractivity contribution is 9.10. The van der Waals surface area contributed by atoms with Gasteiger partial charge in [-0.05, 0) is 40.2 Å². The zero-order valence-corrected chi connectivity index (χ0v) is 14.3. The SMILES string of the molecule is BrCc1cc(Br)ccc1OCc1cc(Br)cs1. The van der Waals surface area contributed by atoms with Gasteiger partial charge in [-0.15, -0.1) is 11.3 Å². The van der Waals surface area contributed by atoms with Crippen LogP contribution in [0.3, 0.4) is 0 Å². The van der Waals surface area contributed by atoms with Crippen LogP contribution in [0.15, 0.2) is 38.6 Å². The van der Waals surface area contributed by atoms with Gasteiger partial charge in [-0.2, -0.15) is 0 Å². The topological polar surface area (TPSA) is 9.23 Å². The van der Waals surface area contributed by atoms with Crippen molar-refractivity contribution in [1.29, 1.82) is 0 Å². The van der Waals surface area contributed by atoms with Crippen molar-refractivity contribution in [2.45, 2.75) is 11.9 Å². The normalized spacial score (nSPS) is 10.5. The Morgan fingerprint density at radius 2 is 1.94 bits per heavy atom. The molecule has 0 atom stereocenters. The average molecular weight is 441 g/mol. The fourth-order valence-corrected chi connectivity index (χ4v) is 3.58. The molecule has 0 radical (unpaired) electrons. The zero-order chi connectivity index (χ0) is 12.3. The summed E-state index contributed by atoms with van der Waals surface area (Å²) in [4.78, 5) is 1.21. The molecule has 2 rings (SSSR count). The monoisotopic (exact) mass is 438 g/mol. The summed E-state index contributed by atoms with van der Waals surface area (Å²) >= 11 is 12.1. The maximum absolute atomic E-state index is 5.82. The number of thiophene rings is 1. The Balaban J connectivity index is 2.08. The molecule has 0 fully saturated rings. The van der Waals surface area contributed by atoms with E-state index in [1.54, 1.807) is 11.3 Å². The Labute approximate surface area is 130 Å². The van der Waals surface area contributed by atoms with E-state index in [-0.39, 0.29) is 0 Å². The Bertz CT molecular complexity index is 510. The molecule has 1 nitrogen and oxygen atoms in total. The van der Waals surface area contributed by atoms with Crippen LogP contribution in [0.5, 0.6) is 5.75 Å². The second-order valence-corrected chi connectivity index (χ2v) is 6.79. The highest BCUT2D eigenvalue weighted by Crippen LogP contribution is 2.27. The minimum Gasteiger partial charge on any atom is -0.488 e. The summed E-state index contributed by atoms with van der Waals surface area (Å²) in [6.45, 7) is 0.609. The lowest BCUT2D eigenvalue weighted by molar-refractivity contribution is 0.307. The Morgan fingerprint density at radius 1 is 1.12 bits per heavy atom. The van der Waals surface area contributed by atoms with Gasteiger partial charge in [0.05, 0.1) is 0 Å². The van der Waals surface area contributed by atoms with Gasteiger partial charge in [0.25, 0.3) is 0 Å². The molecule has 0 N–H and O–H groups in total. The van der Waals surface area contributed by atoms with Crippen molar-refractivity contribution in [3.63, 3.8) is 0 Å². The first-order valence-electron chi connectivity index (χ1n) is 4.89. The number of alkyl halides is 1. The van der Waals surface area contributed by atoms with E-state index >= 15 is 0 Å². The van der Waals surface area contributed by atoms with E-state index in [9.17, 15) is 0 Å². The van der Waals surface area contributed by atoms with Crippen LogP contribution in [0.25, 0.3) is 0 Å². The van der Waals surface area contributed by atoms with Crippen molar-refractivity contribution in [2.75, 3.05) is 0 Å². The highest BCUT2D eigenvalue weighted by atomic mass is 79.9. The summed E-state index contributed by atoms with van der Waals surface area (Å²) in [7, 11) is 0. The van der Waals surface area contributed by atoms with E-state index in [0.717, 1.165) is 25.6 Å². The lowest BCUT2D eigenvalue weighted by atomic mass is 10.2. The maximum Gasteiger partial charge on any atom is 0.123 e. The lowest BCUT2D eigenvalue weighted by Gasteiger charge is -2.09. The molecule has 0 aliphatic rings. The summed E-state index contributed by atoms with van der Waals surface area (Å²) in [6.07, 6.45) is 0. The average Bonchev–Trinajstić information content (AvgIpc) is 2.73. The summed E-state index contributed by atoms with van der Waals surface area (Å²) in [6, 6.07) is 8.13.